The zero-order valence-electron chi connectivity index (χ0n) is 18.1. The lowest BCUT2D eigenvalue weighted by molar-refractivity contribution is -0.385. The minimum absolute atomic E-state index is 0.0161. The zero-order valence-corrected chi connectivity index (χ0v) is 18.9. The van der Waals surface area contributed by atoms with E-state index in [-0.39, 0.29) is 29.1 Å². The van der Waals surface area contributed by atoms with E-state index in [0.29, 0.717) is 30.6 Å². The van der Waals surface area contributed by atoms with Gasteiger partial charge in [0.1, 0.15) is 18.1 Å². The highest BCUT2D eigenvalue weighted by molar-refractivity contribution is 6.29. The van der Waals surface area contributed by atoms with Crippen molar-refractivity contribution < 1.29 is 19.2 Å². The van der Waals surface area contributed by atoms with Crippen LogP contribution in [-0.4, -0.2) is 56.0 Å². The molecule has 3 N–H and O–H groups in total. The summed E-state index contributed by atoms with van der Waals surface area (Å²) in [6.45, 7) is -0.0225. The first kappa shape index (κ1) is 23.8. The fourth-order valence-corrected chi connectivity index (χ4v) is 3.85. The van der Waals surface area contributed by atoms with E-state index in [9.17, 15) is 19.7 Å². The van der Waals surface area contributed by atoms with Gasteiger partial charge in [0.2, 0.25) is 17.6 Å². The third kappa shape index (κ3) is 5.24. The van der Waals surface area contributed by atoms with E-state index in [0.717, 1.165) is 6.33 Å². The first-order valence-electron chi connectivity index (χ1n) is 10.4. The van der Waals surface area contributed by atoms with Crippen molar-refractivity contribution in [1.29, 1.82) is 0 Å². The van der Waals surface area contributed by atoms with Gasteiger partial charge in [0.15, 0.2) is 10.9 Å². The lowest BCUT2D eigenvalue weighted by atomic mass is 10.1. The van der Waals surface area contributed by atoms with Gasteiger partial charge in [-0.25, -0.2) is 4.98 Å². The highest BCUT2D eigenvalue weighted by Crippen LogP contribution is 2.40. The van der Waals surface area contributed by atoms with Crippen LogP contribution in [0, 0.1) is 10.1 Å². The number of nitrogens with two attached hydrogens (primary N) is 1. The second kappa shape index (κ2) is 10.3. The number of benzene rings is 1. The Balaban J connectivity index is 1.72. The Morgan fingerprint density at radius 1 is 1.26 bits per heavy atom. The van der Waals surface area contributed by atoms with Crippen LogP contribution in [0.15, 0.2) is 42.7 Å². The SMILES string of the molecule is NC(=O)CNC(=O)C1CCCN1c1ncnc(Oc2cc(Cl)nnc2-c2ccccc2)c1[N+](=O)[O-]. The van der Waals surface area contributed by atoms with Crippen molar-refractivity contribution in [2.45, 2.75) is 18.9 Å². The molecule has 1 aliphatic heterocycles. The molecule has 3 heterocycles. The Labute approximate surface area is 203 Å². The first-order chi connectivity index (χ1) is 16.8. The maximum Gasteiger partial charge on any atom is 0.373 e. The van der Waals surface area contributed by atoms with Gasteiger partial charge in [0.05, 0.1) is 11.5 Å². The Hall–Kier alpha value is -4.39. The number of nitro groups is 1. The van der Waals surface area contributed by atoms with Gasteiger partial charge in [0.25, 0.3) is 0 Å². The third-order valence-electron chi connectivity index (χ3n) is 5.20. The van der Waals surface area contributed by atoms with E-state index >= 15 is 0 Å². The van der Waals surface area contributed by atoms with E-state index < -0.39 is 28.5 Å². The minimum atomic E-state index is -0.785. The van der Waals surface area contributed by atoms with Crippen molar-refractivity contribution in [3.63, 3.8) is 0 Å². The summed E-state index contributed by atoms with van der Waals surface area (Å²) in [7, 11) is 0. The monoisotopic (exact) mass is 498 g/mol. The predicted molar refractivity (Wildman–Crippen MR) is 124 cm³/mol. The second-order valence-electron chi connectivity index (χ2n) is 7.49. The van der Waals surface area contributed by atoms with Crippen LogP contribution in [0.4, 0.5) is 11.5 Å². The topological polar surface area (TPSA) is 179 Å². The summed E-state index contributed by atoms with van der Waals surface area (Å²) in [5, 5.41) is 22.5. The van der Waals surface area contributed by atoms with E-state index in [1.54, 1.807) is 24.3 Å². The molecular weight excluding hydrogens is 480 g/mol. The molecule has 0 saturated carbocycles. The van der Waals surface area contributed by atoms with Crippen molar-refractivity contribution >= 4 is 34.9 Å². The number of hydrogen-bond acceptors (Lipinski definition) is 10. The van der Waals surface area contributed by atoms with Crippen molar-refractivity contribution in [2.75, 3.05) is 18.0 Å². The summed E-state index contributed by atoms with van der Waals surface area (Å²) >= 11 is 6.01. The van der Waals surface area contributed by atoms with Crippen molar-refractivity contribution in [3.8, 4) is 22.9 Å². The van der Waals surface area contributed by atoms with E-state index in [2.05, 4.69) is 25.5 Å². The molecule has 14 heteroatoms. The second-order valence-corrected chi connectivity index (χ2v) is 7.88. The highest BCUT2D eigenvalue weighted by Gasteiger charge is 2.38. The summed E-state index contributed by atoms with van der Waals surface area (Å²) in [6, 6.07) is 9.52. The molecule has 0 spiro atoms. The predicted octanol–water partition coefficient (Wildman–Crippen LogP) is 1.86. The summed E-state index contributed by atoms with van der Waals surface area (Å²) < 4.78 is 5.84. The fourth-order valence-electron chi connectivity index (χ4n) is 3.71. The van der Waals surface area contributed by atoms with Crippen LogP contribution in [0.2, 0.25) is 5.15 Å². The maximum absolute atomic E-state index is 12.6. The summed E-state index contributed by atoms with van der Waals surface area (Å²) in [4.78, 5) is 44.6. The van der Waals surface area contributed by atoms with Crippen LogP contribution >= 0.6 is 11.6 Å². The first-order valence-corrected chi connectivity index (χ1v) is 10.8. The molecule has 0 bridgehead atoms. The third-order valence-corrected chi connectivity index (χ3v) is 5.38. The normalized spacial score (nSPS) is 15.0. The van der Waals surface area contributed by atoms with Gasteiger partial charge in [-0.2, -0.15) is 4.98 Å². The number of halogens is 1. The molecule has 1 aliphatic rings. The number of rotatable bonds is 8. The highest BCUT2D eigenvalue weighted by atomic mass is 35.5. The zero-order chi connectivity index (χ0) is 24.9. The Morgan fingerprint density at radius 2 is 2.03 bits per heavy atom. The summed E-state index contributed by atoms with van der Waals surface area (Å²) in [6.07, 6.45) is 2.09. The molecule has 1 aromatic carbocycles. The van der Waals surface area contributed by atoms with Gasteiger partial charge in [-0.05, 0) is 12.8 Å². The number of primary amides is 1. The average molecular weight is 499 g/mol. The molecule has 0 aliphatic carbocycles. The van der Waals surface area contributed by atoms with Gasteiger partial charge in [-0.3, -0.25) is 19.7 Å². The Kier molecular flexibility index (Phi) is 6.96. The quantitative estimate of drug-likeness (QED) is 0.343. The van der Waals surface area contributed by atoms with Gasteiger partial charge >= 0.3 is 11.6 Å². The van der Waals surface area contributed by atoms with E-state index in [1.807, 2.05) is 6.07 Å². The van der Waals surface area contributed by atoms with Crippen LogP contribution in [0.25, 0.3) is 11.3 Å². The van der Waals surface area contributed by atoms with Gasteiger partial charge < -0.3 is 20.7 Å². The van der Waals surface area contributed by atoms with Crippen molar-refractivity contribution in [3.05, 3.63) is 58.0 Å². The molecule has 0 radical (unpaired) electrons. The maximum atomic E-state index is 12.6. The average Bonchev–Trinajstić information content (AvgIpc) is 3.33. The number of hydrogen-bond donors (Lipinski definition) is 2. The van der Waals surface area contributed by atoms with Crippen molar-refractivity contribution in [1.82, 2.24) is 25.5 Å². The van der Waals surface area contributed by atoms with Crippen LogP contribution in [0.3, 0.4) is 0 Å². The largest absolute Gasteiger partial charge is 0.431 e. The number of aromatic nitrogens is 4. The van der Waals surface area contributed by atoms with Crippen LogP contribution in [-0.2, 0) is 9.59 Å². The summed E-state index contributed by atoms with van der Waals surface area (Å²) in [5.41, 5.74) is 5.51. The van der Waals surface area contributed by atoms with Gasteiger partial charge in [-0.15, -0.1) is 10.2 Å². The number of nitrogens with one attached hydrogen (secondary N) is 1. The molecular formula is C21H19ClN8O5. The van der Waals surface area contributed by atoms with Crippen LogP contribution in [0.5, 0.6) is 11.6 Å². The van der Waals surface area contributed by atoms with E-state index in [1.165, 1.54) is 11.0 Å². The Morgan fingerprint density at radius 3 is 2.74 bits per heavy atom. The molecule has 4 rings (SSSR count). The van der Waals surface area contributed by atoms with Crippen LogP contribution in [0.1, 0.15) is 12.8 Å². The van der Waals surface area contributed by atoms with E-state index in [4.69, 9.17) is 22.1 Å². The molecule has 3 aromatic rings. The number of anilines is 1. The number of carbonyl (C=O) groups is 2. The van der Waals surface area contributed by atoms with Crippen molar-refractivity contribution in [2.24, 2.45) is 5.73 Å². The molecule has 2 aromatic heterocycles. The molecule has 180 valence electrons. The molecule has 2 amide bonds. The smallest absolute Gasteiger partial charge is 0.373 e. The molecule has 13 nitrogen and oxygen atoms in total. The molecule has 1 atom stereocenters. The molecule has 35 heavy (non-hydrogen) atoms. The standard InChI is InChI=1S/C21H19ClN8O5/c22-15-9-14(17(28-27-15)12-5-2-1-3-6-12)35-21-18(30(33)34)19(25-11-26-21)29-8-4-7-13(29)20(32)24-10-16(23)31/h1-3,5-6,9,11,13H,4,7-8,10H2,(H2,23,31)(H,24,32). The lowest BCUT2D eigenvalue weighted by Crippen LogP contribution is -2.46. The minimum Gasteiger partial charge on any atom is -0.431 e. The lowest BCUT2D eigenvalue weighted by Gasteiger charge is -2.24. The molecule has 1 fully saturated rings. The number of ether oxygens (including phenoxy) is 1. The van der Waals surface area contributed by atoms with Gasteiger partial charge in [-0.1, -0.05) is 41.9 Å². The summed E-state index contributed by atoms with van der Waals surface area (Å²) in [5.74, 6) is -1.55. The van der Waals surface area contributed by atoms with Crippen LogP contribution < -0.4 is 20.7 Å². The fraction of sp³-hybridized carbons (Fsp3) is 0.238. The molecule has 1 unspecified atom stereocenters. The van der Waals surface area contributed by atoms with Gasteiger partial charge in [0, 0.05) is 18.2 Å². The number of carbonyl (C=O) groups excluding carboxylic acids is 2. The Bertz CT molecular complexity index is 1280. The molecule has 1 saturated heterocycles. The number of nitrogens with zero attached hydrogens (tertiary/aromatic N) is 6. The number of amides is 2.